The lowest BCUT2D eigenvalue weighted by Crippen LogP contribution is -2.52. The number of aliphatic hydroxyl groups is 2. The van der Waals surface area contributed by atoms with Crippen molar-refractivity contribution < 1.29 is 19.5 Å². The molecule has 0 unspecified atom stereocenters. The van der Waals surface area contributed by atoms with Gasteiger partial charge in [-0.15, -0.1) is 0 Å². The van der Waals surface area contributed by atoms with Crippen LogP contribution in [0.5, 0.6) is 11.6 Å². The average Bonchev–Trinajstić information content (AvgIpc) is 3.35. The van der Waals surface area contributed by atoms with Gasteiger partial charge in [-0.25, -0.2) is 19.1 Å². The number of ether oxygens (including phenoxy) is 1. The summed E-state index contributed by atoms with van der Waals surface area (Å²) in [4.78, 5) is 32.9. The highest BCUT2D eigenvalue weighted by atomic mass is 35.5. The van der Waals surface area contributed by atoms with Crippen molar-refractivity contribution in [1.29, 1.82) is 0 Å². The number of aromatic amines is 1. The van der Waals surface area contributed by atoms with Crippen molar-refractivity contribution in [2.24, 2.45) is 4.99 Å². The van der Waals surface area contributed by atoms with Gasteiger partial charge in [-0.2, -0.15) is 0 Å². The van der Waals surface area contributed by atoms with Crippen LogP contribution in [-0.4, -0.2) is 42.7 Å². The van der Waals surface area contributed by atoms with Crippen LogP contribution in [0.4, 0.5) is 5.69 Å². The molecule has 176 valence electrons. The monoisotopic (exact) mass is 485 g/mol. The van der Waals surface area contributed by atoms with E-state index in [2.05, 4.69) is 15.1 Å². The summed E-state index contributed by atoms with van der Waals surface area (Å²) in [7, 11) is 0. The quantitative estimate of drug-likeness (QED) is 0.343. The summed E-state index contributed by atoms with van der Waals surface area (Å²) in [5.41, 5.74) is -0.402. The number of hydrogen-bond acceptors (Lipinski definition) is 8. The van der Waals surface area contributed by atoms with Gasteiger partial charge < -0.3 is 19.5 Å². The number of nitrogens with zero attached hydrogens (tertiary/aromatic N) is 4. The van der Waals surface area contributed by atoms with Gasteiger partial charge in [0.15, 0.2) is 0 Å². The molecule has 11 nitrogen and oxygen atoms in total. The summed E-state index contributed by atoms with van der Waals surface area (Å²) >= 11 is 5.95. The molecule has 2 aromatic heterocycles. The fraction of sp³-hybridized carbons (Fsp3) is 0.182. The highest BCUT2D eigenvalue weighted by molar-refractivity contribution is 6.30. The Balaban J connectivity index is 1.78. The molecule has 0 radical (unpaired) electrons. The molecule has 2 heterocycles. The molecule has 0 aliphatic rings. The van der Waals surface area contributed by atoms with E-state index in [1.165, 1.54) is 10.8 Å². The van der Waals surface area contributed by atoms with Crippen molar-refractivity contribution in [1.82, 2.24) is 19.3 Å². The van der Waals surface area contributed by atoms with Gasteiger partial charge in [-0.1, -0.05) is 23.7 Å². The minimum Gasteiger partial charge on any atom is -0.436 e. The second kappa shape index (κ2) is 10.3. The summed E-state index contributed by atoms with van der Waals surface area (Å²) in [6, 6.07) is 13.8. The van der Waals surface area contributed by atoms with Gasteiger partial charge >= 0.3 is 11.4 Å². The Morgan fingerprint density at radius 3 is 2.38 bits per heavy atom. The number of aromatic nitrogens is 4. The van der Waals surface area contributed by atoms with Crippen molar-refractivity contribution >= 4 is 17.3 Å². The Kier molecular flexibility index (Phi) is 7.07. The third-order valence-corrected chi connectivity index (χ3v) is 5.13. The van der Waals surface area contributed by atoms with Gasteiger partial charge in [0.1, 0.15) is 12.0 Å². The lowest BCUT2D eigenvalue weighted by Gasteiger charge is -2.16. The number of halogens is 1. The third kappa shape index (κ3) is 5.17. The first-order valence-electron chi connectivity index (χ1n) is 10.1. The maximum absolute atomic E-state index is 13.2. The zero-order valence-corrected chi connectivity index (χ0v) is 18.4. The molecule has 34 heavy (non-hydrogen) atoms. The molecule has 2 aromatic carbocycles. The first-order chi connectivity index (χ1) is 16.5. The number of hydrogen-bond donors (Lipinski definition) is 3. The Hall–Kier alpha value is -3.93. The van der Waals surface area contributed by atoms with E-state index in [9.17, 15) is 19.8 Å². The summed E-state index contributed by atoms with van der Waals surface area (Å²) in [5.74, 6) is 0.778. The fourth-order valence-corrected chi connectivity index (χ4v) is 3.29. The molecule has 0 fully saturated rings. The number of rotatable bonds is 8. The van der Waals surface area contributed by atoms with Crippen LogP contribution in [0.15, 0.2) is 80.0 Å². The number of benzene rings is 2. The molecular formula is C22H20ClN5O6. The van der Waals surface area contributed by atoms with Crippen LogP contribution in [0.25, 0.3) is 0 Å². The van der Waals surface area contributed by atoms with Crippen molar-refractivity contribution in [3.63, 3.8) is 0 Å². The van der Waals surface area contributed by atoms with Gasteiger partial charge in [0.25, 0.3) is 5.88 Å². The van der Waals surface area contributed by atoms with Gasteiger partial charge in [-0.05, 0) is 47.1 Å². The van der Waals surface area contributed by atoms with Gasteiger partial charge in [0.05, 0.1) is 31.5 Å². The van der Waals surface area contributed by atoms with E-state index in [1.54, 1.807) is 54.6 Å². The molecular weight excluding hydrogens is 466 g/mol. The molecule has 0 amide bonds. The van der Waals surface area contributed by atoms with Crippen LogP contribution in [0.1, 0.15) is 11.6 Å². The van der Waals surface area contributed by atoms with Crippen LogP contribution in [-0.2, 0) is 6.54 Å². The zero-order chi connectivity index (χ0) is 24.1. The van der Waals surface area contributed by atoms with Crippen molar-refractivity contribution in [3.05, 3.63) is 98.0 Å². The Bertz CT molecular complexity index is 1420. The van der Waals surface area contributed by atoms with E-state index in [-0.39, 0.29) is 12.2 Å². The van der Waals surface area contributed by atoms with Crippen molar-refractivity contribution in [2.75, 3.05) is 13.2 Å². The Labute approximate surface area is 196 Å². The molecule has 12 heteroatoms. The van der Waals surface area contributed by atoms with E-state index < -0.39 is 30.6 Å². The van der Waals surface area contributed by atoms with Gasteiger partial charge in [0.2, 0.25) is 5.62 Å². The topological polar surface area (TPSA) is 148 Å². The van der Waals surface area contributed by atoms with Crippen LogP contribution in [0, 0.1) is 0 Å². The molecule has 0 atom stereocenters. The first kappa shape index (κ1) is 23.2. The molecule has 0 aliphatic carbocycles. The summed E-state index contributed by atoms with van der Waals surface area (Å²) in [5, 5.41) is 23.2. The van der Waals surface area contributed by atoms with Crippen LogP contribution in [0.3, 0.4) is 0 Å². The zero-order valence-electron chi connectivity index (χ0n) is 17.7. The highest BCUT2D eigenvalue weighted by Gasteiger charge is 2.17. The van der Waals surface area contributed by atoms with Crippen molar-refractivity contribution in [3.8, 4) is 11.6 Å². The predicted octanol–water partition coefficient (Wildman–Crippen LogP) is 1.58. The van der Waals surface area contributed by atoms with E-state index >= 15 is 0 Å². The van der Waals surface area contributed by atoms with E-state index in [0.29, 0.717) is 22.3 Å². The second-order valence-electron chi connectivity index (χ2n) is 7.18. The molecule has 4 rings (SSSR count). The highest BCUT2D eigenvalue weighted by Crippen LogP contribution is 2.22. The first-order valence-corrected chi connectivity index (χ1v) is 10.5. The fourth-order valence-electron chi connectivity index (χ4n) is 3.16. The number of H-pyrrole nitrogens is 1. The average molecular weight is 486 g/mol. The SMILES string of the molecule is O=c1[nH]/c(=N\c2ccc(Oc3ccon3)cc2)n(Cc2ccc(Cl)cc2)c(=O)n1C(CO)CO. The van der Waals surface area contributed by atoms with E-state index in [0.717, 1.165) is 10.1 Å². The van der Waals surface area contributed by atoms with E-state index in [4.69, 9.17) is 20.9 Å². The molecule has 0 aliphatic heterocycles. The van der Waals surface area contributed by atoms with Crippen LogP contribution < -0.4 is 21.7 Å². The minimum atomic E-state index is -1.10. The van der Waals surface area contributed by atoms with Crippen molar-refractivity contribution in [2.45, 2.75) is 12.6 Å². The summed E-state index contributed by atoms with van der Waals surface area (Å²) in [6.45, 7) is -1.13. The lowest BCUT2D eigenvalue weighted by atomic mass is 10.2. The maximum Gasteiger partial charge on any atom is 0.335 e. The van der Waals surface area contributed by atoms with Crippen LogP contribution >= 0.6 is 11.6 Å². The number of nitrogens with one attached hydrogen (secondary N) is 1. The molecule has 3 N–H and O–H groups in total. The molecule has 0 bridgehead atoms. The Morgan fingerprint density at radius 2 is 1.76 bits per heavy atom. The number of aliphatic hydroxyl groups excluding tert-OH is 2. The van der Waals surface area contributed by atoms with E-state index in [1.807, 2.05) is 0 Å². The lowest BCUT2D eigenvalue weighted by molar-refractivity contribution is 0.146. The van der Waals surface area contributed by atoms with Gasteiger partial charge in [-0.3, -0.25) is 9.55 Å². The normalized spacial score (nSPS) is 11.8. The largest absolute Gasteiger partial charge is 0.436 e. The smallest absolute Gasteiger partial charge is 0.335 e. The molecule has 4 aromatic rings. The standard InChI is InChI=1S/C22H20ClN5O6/c23-15-3-1-14(2-4-15)11-27-20(25-21(31)28(22(27)32)17(12-29)13-30)24-16-5-7-18(8-6-16)34-19-9-10-33-26-19/h1-10,17,29-30H,11-13H2,(H,24,25,31). The second-order valence-corrected chi connectivity index (χ2v) is 7.62. The molecule has 0 spiro atoms. The Morgan fingerprint density at radius 1 is 1.06 bits per heavy atom. The van der Waals surface area contributed by atoms with Gasteiger partial charge in [0, 0.05) is 11.1 Å². The summed E-state index contributed by atoms with van der Waals surface area (Å²) < 4.78 is 12.2. The molecule has 0 saturated heterocycles. The maximum atomic E-state index is 13.2. The van der Waals surface area contributed by atoms with Crippen LogP contribution in [0.2, 0.25) is 5.02 Å². The summed E-state index contributed by atoms with van der Waals surface area (Å²) in [6.07, 6.45) is 1.38. The molecule has 0 saturated carbocycles. The minimum absolute atomic E-state index is 0.0130. The third-order valence-electron chi connectivity index (χ3n) is 4.88. The predicted molar refractivity (Wildman–Crippen MR) is 121 cm³/mol.